The summed E-state index contributed by atoms with van der Waals surface area (Å²) >= 11 is 0.995. The summed E-state index contributed by atoms with van der Waals surface area (Å²) in [6.45, 7) is 5.17. The molecule has 0 atom stereocenters. The third-order valence-corrected chi connectivity index (χ3v) is 5.02. The molecule has 0 unspecified atom stereocenters. The van der Waals surface area contributed by atoms with Gasteiger partial charge >= 0.3 is 0 Å². The molecule has 1 aromatic heterocycles. The highest BCUT2D eigenvalue weighted by atomic mass is 32.2. The number of hydrogen-bond acceptors (Lipinski definition) is 6. The van der Waals surface area contributed by atoms with Gasteiger partial charge < -0.3 is 5.73 Å². The van der Waals surface area contributed by atoms with Crippen LogP contribution in [-0.4, -0.2) is 17.8 Å². The van der Waals surface area contributed by atoms with Gasteiger partial charge in [-0.3, -0.25) is 4.72 Å². The quantitative estimate of drug-likeness (QED) is 0.843. The van der Waals surface area contributed by atoms with E-state index in [1.54, 1.807) is 32.9 Å². The van der Waals surface area contributed by atoms with E-state index in [9.17, 15) is 8.42 Å². The summed E-state index contributed by atoms with van der Waals surface area (Å²) in [5, 5.41) is 0.234. The third-order valence-electron chi connectivity index (χ3n) is 2.63. The Morgan fingerprint density at radius 2 is 1.84 bits per heavy atom. The van der Waals surface area contributed by atoms with E-state index in [-0.39, 0.29) is 15.7 Å². The van der Waals surface area contributed by atoms with Crippen molar-refractivity contribution in [2.75, 3.05) is 10.5 Å². The molecule has 0 aliphatic rings. The molecule has 0 spiro atoms. The first kappa shape index (κ1) is 13.8. The van der Waals surface area contributed by atoms with E-state index in [0.29, 0.717) is 11.4 Å². The number of nitrogens with zero attached hydrogens (tertiary/aromatic N) is 2. The van der Waals surface area contributed by atoms with Crippen molar-refractivity contribution in [2.24, 2.45) is 0 Å². The van der Waals surface area contributed by atoms with E-state index in [2.05, 4.69) is 14.1 Å². The Hall–Kier alpha value is -1.67. The van der Waals surface area contributed by atoms with E-state index in [1.165, 1.54) is 0 Å². The second-order valence-corrected chi connectivity index (χ2v) is 6.57. The number of nitrogens with one attached hydrogen (secondary N) is 1. The maximum Gasteiger partial charge on any atom is 0.266 e. The van der Waals surface area contributed by atoms with Crippen LogP contribution in [0.3, 0.4) is 0 Å². The third kappa shape index (κ3) is 2.69. The second-order valence-electron chi connectivity index (χ2n) is 4.19. The van der Waals surface area contributed by atoms with Crippen LogP contribution in [0, 0.1) is 20.8 Å². The summed E-state index contributed by atoms with van der Waals surface area (Å²) in [4.78, 5) is 4.08. The summed E-state index contributed by atoms with van der Waals surface area (Å²) in [7, 11) is -3.75. The van der Waals surface area contributed by atoms with Crippen LogP contribution in [0.2, 0.25) is 0 Å². The van der Waals surface area contributed by atoms with Gasteiger partial charge in [-0.2, -0.15) is 4.37 Å². The molecule has 0 fully saturated rings. The second kappa shape index (κ2) is 4.78. The average Bonchev–Trinajstić information content (AvgIpc) is 2.68. The van der Waals surface area contributed by atoms with E-state index >= 15 is 0 Å². The minimum atomic E-state index is -3.75. The van der Waals surface area contributed by atoms with Gasteiger partial charge in [0.15, 0.2) is 0 Å². The molecule has 0 radical (unpaired) electrons. The number of nitrogens with two attached hydrogens (primary N) is 1. The van der Waals surface area contributed by atoms with Gasteiger partial charge in [0.2, 0.25) is 5.13 Å². The Balaban J connectivity index is 2.48. The summed E-state index contributed by atoms with van der Waals surface area (Å²) in [5.41, 5.74) is 7.45. The smallest absolute Gasteiger partial charge is 0.266 e. The Morgan fingerprint density at radius 1 is 1.21 bits per heavy atom. The SMILES string of the molecule is Cc1nsc(NS(=O)(=O)c2c(C)ccc(C)c2N)n1. The van der Waals surface area contributed by atoms with Crippen LogP contribution >= 0.6 is 11.5 Å². The van der Waals surface area contributed by atoms with E-state index in [4.69, 9.17) is 5.73 Å². The molecule has 0 amide bonds. The van der Waals surface area contributed by atoms with Crippen molar-refractivity contribution in [1.82, 2.24) is 9.36 Å². The van der Waals surface area contributed by atoms with Gasteiger partial charge in [0.25, 0.3) is 10.0 Å². The zero-order chi connectivity index (χ0) is 14.2. The van der Waals surface area contributed by atoms with Crippen molar-refractivity contribution >= 4 is 32.4 Å². The van der Waals surface area contributed by atoms with Crippen LogP contribution in [0.15, 0.2) is 17.0 Å². The molecule has 0 aliphatic carbocycles. The van der Waals surface area contributed by atoms with Crippen LogP contribution < -0.4 is 10.5 Å². The van der Waals surface area contributed by atoms with Crippen LogP contribution in [0.1, 0.15) is 17.0 Å². The number of hydrogen-bond donors (Lipinski definition) is 2. The lowest BCUT2D eigenvalue weighted by molar-refractivity contribution is 0.601. The molecular formula is C11H14N4O2S2. The van der Waals surface area contributed by atoms with Crippen LogP contribution in [-0.2, 0) is 10.0 Å². The zero-order valence-electron chi connectivity index (χ0n) is 10.8. The molecular weight excluding hydrogens is 284 g/mol. The van der Waals surface area contributed by atoms with Gasteiger partial charge in [-0.25, -0.2) is 13.4 Å². The summed E-state index contributed by atoms with van der Waals surface area (Å²) < 4.78 is 31.0. The van der Waals surface area contributed by atoms with E-state index in [0.717, 1.165) is 17.1 Å². The molecule has 1 aromatic carbocycles. The first-order chi connectivity index (χ1) is 8.81. The average molecular weight is 298 g/mol. The Labute approximate surface area is 115 Å². The number of anilines is 2. The lowest BCUT2D eigenvalue weighted by Crippen LogP contribution is -2.16. The van der Waals surface area contributed by atoms with E-state index < -0.39 is 10.0 Å². The first-order valence-electron chi connectivity index (χ1n) is 5.50. The lowest BCUT2D eigenvalue weighted by atomic mass is 10.1. The fraction of sp³-hybridized carbons (Fsp3) is 0.273. The van der Waals surface area contributed by atoms with Crippen LogP contribution in [0.5, 0.6) is 0 Å². The number of sulfonamides is 1. The molecule has 19 heavy (non-hydrogen) atoms. The predicted molar refractivity (Wildman–Crippen MR) is 75.8 cm³/mol. The molecule has 0 saturated heterocycles. The van der Waals surface area contributed by atoms with E-state index in [1.807, 2.05) is 0 Å². The van der Waals surface area contributed by atoms with Crippen LogP contribution in [0.25, 0.3) is 0 Å². The monoisotopic (exact) mass is 298 g/mol. The highest BCUT2D eigenvalue weighted by Gasteiger charge is 2.22. The predicted octanol–water partition coefficient (Wildman–Crippen LogP) is 1.85. The highest BCUT2D eigenvalue weighted by Crippen LogP contribution is 2.28. The van der Waals surface area contributed by atoms with Gasteiger partial charge in [-0.15, -0.1) is 0 Å². The molecule has 2 aromatic rings. The molecule has 3 N–H and O–H groups in total. The van der Waals surface area contributed by atoms with Crippen molar-refractivity contribution in [1.29, 1.82) is 0 Å². The lowest BCUT2D eigenvalue weighted by Gasteiger charge is -2.12. The fourth-order valence-corrected chi connectivity index (χ4v) is 3.90. The topological polar surface area (TPSA) is 98.0 Å². The van der Waals surface area contributed by atoms with Crippen LogP contribution in [0.4, 0.5) is 10.8 Å². The van der Waals surface area contributed by atoms with Gasteiger partial charge in [0.05, 0.1) is 5.69 Å². The minimum Gasteiger partial charge on any atom is -0.397 e. The Kier molecular flexibility index (Phi) is 3.46. The standard InChI is InChI=1S/C11H14N4O2S2/c1-6-4-5-7(2)10(9(6)12)19(16,17)15-11-13-8(3)14-18-11/h4-5H,12H2,1-3H3,(H,13,14,15). The molecule has 102 valence electrons. The van der Waals surface area contributed by atoms with Crippen molar-refractivity contribution in [3.63, 3.8) is 0 Å². The van der Waals surface area contributed by atoms with Gasteiger partial charge in [-0.1, -0.05) is 12.1 Å². The molecule has 2 rings (SSSR count). The number of rotatable bonds is 3. The Bertz CT molecular complexity index is 722. The molecule has 0 aliphatic heterocycles. The first-order valence-corrected chi connectivity index (χ1v) is 7.76. The number of benzene rings is 1. The minimum absolute atomic E-state index is 0.0975. The van der Waals surface area contributed by atoms with Crippen molar-refractivity contribution in [2.45, 2.75) is 25.7 Å². The number of aromatic nitrogens is 2. The highest BCUT2D eigenvalue weighted by molar-refractivity contribution is 7.93. The van der Waals surface area contributed by atoms with Gasteiger partial charge in [0, 0.05) is 11.5 Å². The fourth-order valence-electron chi connectivity index (χ4n) is 1.67. The van der Waals surface area contributed by atoms with Crippen molar-refractivity contribution < 1.29 is 8.42 Å². The normalized spacial score (nSPS) is 11.5. The summed E-state index contributed by atoms with van der Waals surface area (Å²) in [5.74, 6) is 0.525. The van der Waals surface area contributed by atoms with Crippen molar-refractivity contribution in [3.8, 4) is 0 Å². The molecule has 0 bridgehead atoms. The van der Waals surface area contributed by atoms with Gasteiger partial charge in [-0.05, 0) is 31.9 Å². The molecule has 1 heterocycles. The maximum atomic E-state index is 12.4. The molecule has 8 heteroatoms. The summed E-state index contributed by atoms with van der Waals surface area (Å²) in [6, 6.07) is 3.52. The largest absolute Gasteiger partial charge is 0.397 e. The maximum absolute atomic E-state index is 12.4. The summed E-state index contributed by atoms with van der Waals surface area (Å²) in [6.07, 6.45) is 0. The van der Waals surface area contributed by atoms with Crippen molar-refractivity contribution in [3.05, 3.63) is 29.1 Å². The zero-order valence-corrected chi connectivity index (χ0v) is 12.4. The molecule has 0 saturated carbocycles. The number of aryl methyl sites for hydroxylation is 3. The number of nitrogen functional groups attached to an aromatic ring is 1. The molecule has 6 nitrogen and oxygen atoms in total. The Morgan fingerprint density at radius 3 is 2.42 bits per heavy atom. The van der Waals surface area contributed by atoms with Gasteiger partial charge in [0.1, 0.15) is 10.7 Å².